The normalized spacial score (nSPS) is 24.3. The molecule has 11 heteroatoms. The van der Waals surface area contributed by atoms with Crippen LogP contribution >= 0.6 is 0 Å². The third-order valence-electron chi connectivity index (χ3n) is 4.82. The first-order chi connectivity index (χ1) is 15.5. The number of amides is 1. The van der Waals surface area contributed by atoms with Crippen LogP contribution < -0.4 is 5.32 Å². The Morgan fingerprint density at radius 2 is 1.33 bits per heavy atom. The highest BCUT2D eigenvalue weighted by atomic mass is 16.7. The highest BCUT2D eigenvalue weighted by Crippen LogP contribution is 2.28. The predicted molar refractivity (Wildman–Crippen MR) is 113 cm³/mol. The molecule has 0 aromatic heterocycles. The van der Waals surface area contributed by atoms with Gasteiger partial charge < -0.3 is 29.0 Å². The molecule has 1 amide bonds. The number of esters is 4. The van der Waals surface area contributed by atoms with Crippen molar-refractivity contribution in [3.05, 3.63) is 0 Å². The summed E-state index contributed by atoms with van der Waals surface area (Å²) < 4.78 is 26.6. The molecule has 0 aliphatic carbocycles. The van der Waals surface area contributed by atoms with Crippen LogP contribution in [0.3, 0.4) is 0 Å². The minimum absolute atomic E-state index is 0.203. The molecule has 5 atom stereocenters. The van der Waals surface area contributed by atoms with Gasteiger partial charge in [0.05, 0.1) is 0 Å². The van der Waals surface area contributed by atoms with Crippen molar-refractivity contribution in [2.24, 2.45) is 0 Å². The Morgan fingerprint density at radius 3 is 1.88 bits per heavy atom. The van der Waals surface area contributed by atoms with Crippen LogP contribution in [-0.2, 0) is 47.7 Å². The van der Waals surface area contributed by atoms with Gasteiger partial charge in [0.2, 0.25) is 12.2 Å². The van der Waals surface area contributed by atoms with Crippen LogP contribution in [0.4, 0.5) is 0 Å². The SMILES string of the molecule is CCCCCCCC(=O)N[C@H]1[C@@H](OC(C)=O)O[C@@H](COC(C)=O)[C@@H](OC(C)=O)[C@H]1OC(C)=O. The van der Waals surface area contributed by atoms with Crippen molar-refractivity contribution in [1.82, 2.24) is 5.32 Å². The molecule has 1 heterocycles. The van der Waals surface area contributed by atoms with Crippen molar-refractivity contribution < 1.29 is 47.7 Å². The summed E-state index contributed by atoms with van der Waals surface area (Å²) in [7, 11) is 0. The summed E-state index contributed by atoms with van der Waals surface area (Å²) in [6.45, 7) is 6.36. The lowest BCUT2D eigenvalue weighted by molar-refractivity contribution is -0.271. The fraction of sp³-hybridized carbons (Fsp3) is 0.773. The van der Waals surface area contributed by atoms with Gasteiger partial charge in [0.1, 0.15) is 18.8 Å². The Hall–Kier alpha value is -2.69. The lowest BCUT2D eigenvalue weighted by Gasteiger charge is -2.44. The van der Waals surface area contributed by atoms with E-state index in [0.717, 1.165) is 46.5 Å². The van der Waals surface area contributed by atoms with E-state index in [1.807, 2.05) is 0 Å². The number of nitrogens with one attached hydrogen (secondary N) is 1. The van der Waals surface area contributed by atoms with Gasteiger partial charge in [-0.1, -0.05) is 32.6 Å². The molecule has 1 saturated heterocycles. The number of rotatable bonds is 12. The van der Waals surface area contributed by atoms with Crippen LogP contribution in [0.25, 0.3) is 0 Å². The summed E-state index contributed by atoms with van der Waals surface area (Å²) >= 11 is 0. The highest BCUT2D eigenvalue weighted by Gasteiger charge is 2.52. The van der Waals surface area contributed by atoms with Gasteiger partial charge in [0, 0.05) is 34.1 Å². The lowest BCUT2D eigenvalue weighted by Crippen LogP contribution is -2.67. The van der Waals surface area contributed by atoms with E-state index < -0.39 is 54.5 Å². The standard InChI is InChI=1S/C22H35NO10/c1-6-7-8-9-10-11-18(28)23-19-21(31-15(4)26)20(30-14(3)25)17(12-29-13(2)24)33-22(19)32-16(5)27/h17,19-22H,6-12H2,1-5H3,(H,23,28)/t17-,19+,20+,21-,22-/m0/s1. The number of hydrogen-bond acceptors (Lipinski definition) is 10. The van der Waals surface area contributed by atoms with Gasteiger partial charge in [-0.05, 0) is 6.42 Å². The maximum atomic E-state index is 12.6. The number of carbonyl (C=O) groups excluding carboxylic acids is 5. The first-order valence-corrected chi connectivity index (χ1v) is 11.1. The van der Waals surface area contributed by atoms with Crippen molar-refractivity contribution in [2.75, 3.05) is 6.61 Å². The second kappa shape index (κ2) is 14.5. The first kappa shape index (κ1) is 28.3. The smallest absolute Gasteiger partial charge is 0.305 e. The van der Waals surface area contributed by atoms with Gasteiger partial charge in [-0.3, -0.25) is 24.0 Å². The molecule has 188 valence electrons. The third kappa shape index (κ3) is 10.6. The number of ether oxygens (including phenoxy) is 5. The second-order valence-corrected chi connectivity index (χ2v) is 7.86. The van der Waals surface area contributed by atoms with E-state index in [2.05, 4.69) is 12.2 Å². The van der Waals surface area contributed by atoms with Crippen molar-refractivity contribution >= 4 is 29.8 Å². The third-order valence-corrected chi connectivity index (χ3v) is 4.82. The van der Waals surface area contributed by atoms with E-state index in [4.69, 9.17) is 23.7 Å². The zero-order chi connectivity index (χ0) is 25.0. The Labute approximate surface area is 193 Å². The Kier molecular flexibility index (Phi) is 12.4. The maximum absolute atomic E-state index is 12.6. The second-order valence-electron chi connectivity index (χ2n) is 7.86. The van der Waals surface area contributed by atoms with Crippen LogP contribution in [-0.4, -0.2) is 67.0 Å². The lowest BCUT2D eigenvalue weighted by atomic mass is 9.95. The number of unbranched alkanes of at least 4 members (excludes halogenated alkanes) is 4. The summed E-state index contributed by atoms with van der Waals surface area (Å²) in [6, 6.07) is -1.15. The number of hydrogen-bond donors (Lipinski definition) is 1. The molecular weight excluding hydrogens is 438 g/mol. The minimum atomic E-state index is -1.37. The van der Waals surface area contributed by atoms with Crippen molar-refractivity contribution in [1.29, 1.82) is 0 Å². The maximum Gasteiger partial charge on any atom is 0.305 e. The van der Waals surface area contributed by atoms with E-state index in [9.17, 15) is 24.0 Å². The molecule has 1 N–H and O–H groups in total. The predicted octanol–water partition coefficient (Wildman–Crippen LogP) is 1.55. The van der Waals surface area contributed by atoms with Crippen LogP contribution in [0, 0.1) is 0 Å². The van der Waals surface area contributed by atoms with Gasteiger partial charge in [-0.25, -0.2) is 0 Å². The van der Waals surface area contributed by atoms with Crippen LogP contribution in [0.5, 0.6) is 0 Å². The van der Waals surface area contributed by atoms with Crippen molar-refractivity contribution in [3.8, 4) is 0 Å². The molecule has 0 aromatic carbocycles. The monoisotopic (exact) mass is 473 g/mol. The van der Waals surface area contributed by atoms with Gasteiger partial charge in [-0.15, -0.1) is 0 Å². The molecule has 1 aliphatic heterocycles. The molecule has 0 saturated carbocycles. The van der Waals surface area contributed by atoms with Crippen molar-refractivity contribution in [2.45, 2.75) is 104 Å². The van der Waals surface area contributed by atoms with E-state index in [1.165, 1.54) is 6.92 Å². The fourth-order valence-corrected chi connectivity index (χ4v) is 3.47. The zero-order valence-electron chi connectivity index (χ0n) is 19.9. The Morgan fingerprint density at radius 1 is 0.758 bits per heavy atom. The molecule has 0 unspecified atom stereocenters. The summed E-state index contributed by atoms with van der Waals surface area (Å²) in [5.41, 5.74) is 0. The van der Waals surface area contributed by atoms with E-state index in [-0.39, 0.29) is 18.9 Å². The molecule has 11 nitrogen and oxygen atoms in total. The summed E-state index contributed by atoms with van der Waals surface area (Å²) in [4.78, 5) is 59.2. The van der Waals surface area contributed by atoms with E-state index in [1.54, 1.807) is 0 Å². The molecule has 33 heavy (non-hydrogen) atoms. The molecule has 1 aliphatic rings. The topological polar surface area (TPSA) is 144 Å². The number of carbonyl (C=O) groups is 5. The minimum Gasteiger partial charge on any atom is -0.463 e. The molecule has 1 fully saturated rings. The quantitative estimate of drug-likeness (QED) is 0.252. The Balaban J connectivity index is 3.14. The largest absolute Gasteiger partial charge is 0.463 e. The molecular formula is C22H35NO10. The van der Waals surface area contributed by atoms with Gasteiger partial charge in [0.15, 0.2) is 12.2 Å². The van der Waals surface area contributed by atoms with Gasteiger partial charge in [0.25, 0.3) is 0 Å². The fourth-order valence-electron chi connectivity index (χ4n) is 3.47. The average molecular weight is 474 g/mol. The summed E-state index contributed by atoms with van der Waals surface area (Å²) in [5, 5.41) is 2.69. The first-order valence-electron chi connectivity index (χ1n) is 11.1. The molecule has 0 spiro atoms. The van der Waals surface area contributed by atoms with Crippen molar-refractivity contribution in [3.63, 3.8) is 0 Å². The van der Waals surface area contributed by atoms with Gasteiger partial charge in [-0.2, -0.15) is 0 Å². The van der Waals surface area contributed by atoms with E-state index in [0.29, 0.717) is 6.42 Å². The summed E-state index contributed by atoms with van der Waals surface area (Å²) in [6.07, 6.45) is -0.0783. The van der Waals surface area contributed by atoms with Crippen LogP contribution in [0.2, 0.25) is 0 Å². The Bertz CT molecular complexity index is 695. The molecule has 0 aromatic rings. The van der Waals surface area contributed by atoms with Crippen LogP contribution in [0.15, 0.2) is 0 Å². The zero-order valence-corrected chi connectivity index (χ0v) is 19.9. The highest BCUT2D eigenvalue weighted by molar-refractivity contribution is 5.76. The molecule has 0 bridgehead atoms. The van der Waals surface area contributed by atoms with Gasteiger partial charge >= 0.3 is 23.9 Å². The average Bonchev–Trinajstić information content (AvgIpc) is 2.69. The molecule has 1 rings (SSSR count). The summed E-state index contributed by atoms with van der Waals surface area (Å²) in [5.74, 6) is -3.12. The van der Waals surface area contributed by atoms with Crippen LogP contribution in [0.1, 0.15) is 73.1 Å². The molecule has 0 radical (unpaired) electrons. The van der Waals surface area contributed by atoms with E-state index >= 15 is 0 Å².